The SMILES string of the molecule is C=C(C=O)n1ccc(Cl)cc1=NC. The van der Waals surface area contributed by atoms with Gasteiger partial charge in [-0.2, -0.15) is 0 Å². The highest BCUT2D eigenvalue weighted by Gasteiger charge is 1.97. The van der Waals surface area contributed by atoms with Crippen LogP contribution in [0, 0.1) is 0 Å². The predicted molar refractivity (Wildman–Crippen MR) is 52.3 cm³/mol. The Morgan fingerprint density at radius 3 is 3.00 bits per heavy atom. The molecule has 0 unspecified atom stereocenters. The van der Waals surface area contributed by atoms with Crippen molar-refractivity contribution < 1.29 is 4.79 Å². The molecule has 0 aliphatic carbocycles. The summed E-state index contributed by atoms with van der Waals surface area (Å²) < 4.78 is 1.57. The normalized spacial score (nSPS) is 11.4. The molecule has 0 amide bonds. The Morgan fingerprint density at radius 2 is 2.46 bits per heavy atom. The third-order valence-electron chi connectivity index (χ3n) is 1.57. The van der Waals surface area contributed by atoms with Crippen LogP contribution in [0.3, 0.4) is 0 Å². The van der Waals surface area contributed by atoms with Gasteiger partial charge >= 0.3 is 0 Å². The Balaban J connectivity index is 3.39. The third kappa shape index (κ3) is 2.06. The number of hydrogen-bond acceptors (Lipinski definition) is 2. The monoisotopic (exact) mass is 196 g/mol. The Labute approximate surface area is 81.0 Å². The maximum atomic E-state index is 10.5. The van der Waals surface area contributed by atoms with Gasteiger partial charge in [-0.05, 0) is 12.1 Å². The fourth-order valence-electron chi connectivity index (χ4n) is 0.935. The Kier molecular flexibility index (Phi) is 3.03. The fourth-order valence-corrected chi connectivity index (χ4v) is 1.09. The first-order valence-electron chi connectivity index (χ1n) is 3.64. The highest BCUT2D eigenvalue weighted by atomic mass is 35.5. The molecule has 13 heavy (non-hydrogen) atoms. The lowest BCUT2D eigenvalue weighted by Gasteiger charge is -2.04. The molecule has 1 aromatic heterocycles. The molecule has 0 aliphatic rings. The van der Waals surface area contributed by atoms with Crippen molar-refractivity contribution in [3.05, 3.63) is 35.4 Å². The number of aromatic nitrogens is 1. The molecule has 0 N–H and O–H groups in total. The topological polar surface area (TPSA) is 34.4 Å². The summed E-state index contributed by atoms with van der Waals surface area (Å²) in [6.07, 6.45) is 2.32. The molecule has 4 heteroatoms. The van der Waals surface area contributed by atoms with Gasteiger partial charge in [-0.15, -0.1) is 0 Å². The van der Waals surface area contributed by atoms with Crippen molar-refractivity contribution in [2.75, 3.05) is 7.05 Å². The molecule has 0 bridgehead atoms. The largest absolute Gasteiger partial charge is 0.299 e. The van der Waals surface area contributed by atoms with Crippen molar-refractivity contribution in [3.8, 4) is 0 Å². The van der Waals surface area contributed by atoms with Gasteiger partial charge in [0, 0.05) is 18.3 Å². The van der Waals surface area contributed by atoms with Crippen LogP contribution in [0.1, 0.15) is 0 Å². The molecule has 68 valence electrons. The molecule has 1 heterocycles. The maximum absolute atomic E-state index is 10.5. The van der Waals surface area contributed by atoms with E-state index in [-0.39, 0.29) is 0 Å². The Morgan fingerprint density at radius 1 is 1.77 bits per heavy atom. The summed E-state index contributed by atoms with van der Waals surface area (Å²) in [6.45, 7) is 3.57. The number of hydrogen-bond donors (Lipinski definition) is 0. The summed E-state index contributed by atoms with van der Waals surface area (Å²) in [5.41, 5.74) is 0.932. The second kappa shape index (κ2) is 4.05. The van der Waals surface area contributed by atoms with Crippen molar-refractivity contribution in [2.45, 2.75) is 0 Å². The second-order valence-electron chi connectivity index (χ2n) is 2.41. The van der Waals surface area contributed by atoms with Crippen LogP contribution < -0.4 is 5.49 Å². The van der Waals surface area contributed by atoms with Crippen molar-refractivity contribution in [2.24, 2.45) is 4.99 Å². The third-order valence-corrected chi connectivity index (χ3v) is 1.81. The van der Waals surface area contributed by atoms with E-state index < -0.39 is 0 Å². The highest BCUT2D eigenvalue weighted by molar-refractivity contribution is 6.30. The number of rotatable bonds is 2. The van der Waals surface area contributed by atoms with Crippen LogP contribution in [0.5, 0.6) is 0 Å². The molecule has 0 aromatic carbocycles. The minimum absolute atomic E-state index is 0.331. The van der Waals surface area contributed by atoms with Crippen LogP contribution in [-0.2, 0) is 4.79 Å². The van der Waals surface area contributed by atoms with Crippen molar-refractivity contribution in [1.82, 2.24) is 4.57 Å². The molecule has 1 aromatic rings. The fraction of sp³-hybridized carbons (Fsp3) is 0.111. The summed E-state index contributed by atoms with van der Waals surface area (Å²) in [6, 6.07) is 3.33. The molecule has 0 radical (unpaired) electrons. The average molecular weight is 197 g/mol. The number of allylic oxidation sites excluding steroid dienone is 1. The molecule has 0 atom stereocenters. The van der Waals surface area contributed by atoms with Gasteiger partial charge < -0.3 is 0 Å². The maximum Gasteiger partial charge on any atom is 0.166 e. The molecular formula is C9H9ClN2O. The quantitative estimate of drug-likeness (QED) is 0.519. The van der Waals surface area contributed by atoms with Gasteiger partial charge in [-0.3, -0.25) is 14.4 Å². The molecule has 1 rings (SSSR count). The van der Waals surface area contributed by atoms with Gasteiger partial charge in [0.2, 0.25) is 0 Å². The van der Waals surface area contributed by atoms with Crippen LogP contribution in [0.4, 0.5) is 0 Å². The Bertz CT molecular complexity index is 406. The van der Waals surface area contributed by atoms with E-state index in [1.165, 1.54) is 0 Å². The van der Waals surface area contributed by atoms with Crippen LogP contribution in [0.2, 0.25) is 5.02 Å². The summed E-state index contributed by atoms with van der Waals surface area (Å²) >= 11 is 5.75. The van der Waals surface area contributed by atoms with Gasteiger partial charge in [-0.25, -0.2) is 0 Å². The van der Waals surface area contributed by atoms with Crippen LogP contribution in [-0.4, -0.2) is 17.9 Å². The molecule has 0 saturated heterocycles. The van der Waals surface area contributed by atoms with Crippen LogP contribution in [0.25, 0.3) is 5.70 Å². The minimum atomic E-state index is 0.331. The lowest BCUT2D eigenvalue weighted by molar-refractivity contribution is -0.103. The number of nitrogens with zero attached hydrogens (tertiary/aromatic N) is 2. The van der Waals surface area contributed by atoms with Gasteiger partial charge in [0.25, 0.3) is 0 Å². The standard InChI is InChI=1S/C9H9ClN2O/c1-7(6-13)12-4-3-8(10)5-9(12)11-2/h3-6H,1H2,2H3. The van der Waals surface area contributed by atoms with E-state index >= 15 is 0 Å². The minimum Gasteiger partial charge on any atom is -0.299 e. The Hall–Kier alpha value is -1.35. The number of carbonyl (C=O) groups is 1. The van der Waals surface area contributed by atoms with Crippen molar-refractivity contribution in [1.29, 1.82) is 0 Å². The van der Waals surface area contributed by atoms with E-state index in [2.05, 4.69) is 11.6 Å². The number of aldehydes is 1. The van der Waals surface area contributed by atoms with Gasteiger partial charge in [0.05, 0.1) is 5.70 Å². The highest BCUT2D eigenvalue weighted by Crippen LogP contribution is 2.03. The lowest BCUT2D eigenvalue weighted by Crippen LogP contribution is -2.19. The smallest absolute Gasteiger partial charge is 0.166 e. The van der Waals surface area contributed by atoms with Gasteiger partial charge in [-0.1, -0.05) is 18.2 Å². The second-order valence-corrected chi connectivity index (χ2v) is 2.84. The average Bonchev–Trinajstić information content (AvgIpc) is 2.16. The molecule has 0 aliphatic heterocycles. The van der Waals surface area contributed by atoms with Crippen molar-refractivity contribution >= 4 is 23.6 Å². The molecule has 0 saturated carbocycles. The zero-order chi connectivity index (χ0) is 9.84. The van der Waals surface area contributed by atoms with E-state index in [1.54, 1.807) is 29.9 Å². The van der Waals surface area contributed by atoms with E-state index in [1.807, 2.05) is 0 Å². The van der Waals surface area contributed by atoms with E-state index in [0.29, 0.717) is 22.5 Å². The first-order chi connectivity index (χ1) is 6.19. The van der Waals surface area contributed by atoms with Crippen molar-refractivity contribution in [3.63, 3.8) is 0 Å². The molecule has 0 spiro atoms. The lowest BCUT2D eigenvalue weighted by atomic mass is 10.4. The first-order valence-corrected chi connectivity index (χ1v) is 4.02. The number of halogens is 1. The molecule has 3 nitrogen and oxygen atoms in total. The van der Waals surface area contributed by atoms with E-state index in [4.69, 9.17) is 11.6 Å². The molecule has 0 fully saturated rings. The zero-order valence-corrected chi connectivity index (χ0v) is 7.95. The van der Waals surface area contributed by atoms with E-state index in [0.717, 1.165) is 0 Å². The molecular weight excluding hydrogens is 188 g/mol. The van der Waals surface area contributed by atoms with Gasteiger partial charge in [0.15, 0.2) is 6.29 Å². The first kappa shape index (κ1) is 9.74. The number of carbonyl (C=O) groups excluding carboxylic acids is 1. The van der Waals surface area contributed by atoms with Gasteiger partial charge in [0.1, 0.15) is 5.49 Å². The summed E-state index contributed by atoms with van der Waals surface area (Å²) in [5, 5.41) is 0.579. The summed E-state index contributed by atoms with van der Waals surface area (Å²) in [4.78, 5) is 14.4. The number of pyridine rings is 1. The predicted octanol–water partition coefficient (Wildman–Crippen LogP) is 1.34. The van der Waals surface area contributed by atoms with Crippen LogP contribution in [0.15, 0.2) is 29.9 Å². The summed E-state index contributed by atoms with van der Waals surface area (Å²) in [7, 11) is 1.63. The summed E-state index contributed by atoms with van der Waals surface area (Å²) in [5.74, 6) is 0. The van der Waals surface area contributed by atoms with E-state index in [9.17, 15) is 4.79 Å². The van der Waals surface area contributed by atoms with Crippen LogP contribution >= 0.6 is 11.6 Å². The zero-order valence-electron chi connectivity index (χ0n) is 7.20.